The smallest absolute Gasteiger partial charge is 0.395 e. The van der Waals surface area contributed by atoms with E-state index in [0.717, 1.165) is 10.5 Å². The first kappa shape index (κ1) is 25.1. The summed E-state index contributed by atoms with van der Waals surface area (Å²) in [4.78, 5) is 51.5. The molecule has 1 saturated heterocycles. The second-order valence-electron chi connectivity index (χ2n) is 10.2. The third kappa shape index (κ3) is 4.75. The standard InChI is InChI=1S/C24H33NO7Si/c1-24(2,3)17(12-32-33(5)6)18-19(25(21(18)27)22(28)23(29)30)16-9-7-13-11-14(31-4)8-10-15(13)20(16)26/h8,10-11,16-19,33H,7,9,12H2,1-6H3,(H,29,30)/t16-,17-,18+,19-/m1/s1. The van der Waals surface area contributed by atoms with Crippen molar-refractivity contribution >= 4 is 32.6 Å². The Kier molecular flexibility index (Phi) is 7.14. The monoisotopic (exact) mass is 475 g/mol. The number of Topliss-reactive ketones (excluding diaryl/α,β-unsaturated/α-hetero) is 1. The average molecular weight is 476 g/mol. The SMILES string of the molecule is COc1ccc2c(c1)CC[C@H]([C@@H]1[C@H]([C@@H](CO[SiH](C)C)C(C)(C)C)C(=O)N1C(=O)C(=O)O)C2=O. The molecule has 8 nitrogen and oxygen atoms in total. The Balaban J connectivity index is 2.01. The Morgan fingerprint density at radius 2 is 1.91 bits per heavy atom. The van der Waals surface area contributed by atoms with Crippen LogP contribution < -0.4 is 4.74 Å². The van der Waals surface area contributed by atoms with E-state index >= 15 is 0 Å². The number of aliphatic carboxylic acids is 1. The number of ketones is 1. The van der Waals surface area contributed by atoms with Gasteiger partial charge in [-0.1, -0.05) is 20.8 Å². The minimum Gasteiger partial charge on any atom is -0.497 e. The van der Waals surface area contributed by atoms with Crippen molar-refractivity contribution < 1.29 is 33.4 Å². The number of nitrogens with zero attached hydrogens (tertiary/aromatic N) is 1. The molecule has 0 bridgehead atoms. The van der Waals surface area contributed by atoms with Crippen molar-refractivity contribution in [1.82, 2.24) is 4.90 Å². The van der Waals surface area contributed by atoms with E-state index in [1.807, 2.05) is 39.9 Å². The van der Waals surface area contributed by atoms with Gasteiger partial charge in [-0.25, -0.2) is 4.79 Å². The summed E-state index contributed by atoms with van der Waals surface area (Å²) in [7, 11) is 0.176. The van der Waals surface area contributed by atoms with E-state index in [1.54, 1.807) is 19.2 Å². The van der Waals surface area contributed by atoms with Crippen molar-refractivity contribution in [3.05, 3.63) is 29.3 Å². The fourth-order valence-electron chi connectivity index (χ4n) is 5.01. The maximum absolute atomic E-state index is 13.5. The zero-order valence-electron chi connectivity index (χ0n) is 20.1. The number of methoxy groups -OCH3 is 1. The molecule has 0 spiro atoms. The van der Waals surface area contributed by atoms with Crippen LogP contribution in [0.3, 0.4) is 0 Å². The highest BCUT2D eigenvalue weighted by Crippen LogP contribution is 2.47. The highest BCUT2D eigenvalue weighted by molar-refractivity contribution is 6.48. The fourth-order valence-corrected chi connectivity index (χ4v) is 5.60. The number of carbonyl (C=O) groups excluding carboxylic acids is 3. The van der Waals surface area contributed by atoms with E-state index in [4.69, 9.17) is 9.16 Å². The van der Waals surface area contributed by atoms with Crippen LogP contribution in [-0.2, 0) is 25.2 Å². The molecule has 1 fully saturated rings. The molecular formula is C24H33NO7Si. The number of hydrogen-bond acceptors (Lipinski definition) is 6. The van der Waals surface area contributed by atoms with Crippen molar-refractivity contribution in [1.29, 1.82) is 0 Å². The van der Waals surface area contributed by atoms with Crippen LogP contribution in [-0.4, -0.2) is 62.4 Å². The van der Waals surface area contributed by atoms with Crippen LogP contribution in [0.4, 0.5) is 0 Å². The van der Waals surface area contributed by atoms with Crippen LogP contribution in [0.15, 0.2) is 18.2 Å². The van der Waals surface area contributed by atoms with E-state index in [1.165, 1.54) is 0 Å². The Bertz CT molecular complexity index is 968. The number of likely N-dealkylation sites (tertiary alicyclic amines) is 1. The van der Waals surface area contributed by atoms with Crippen molar-refractivity contribution in [3.63, 3.8) is 0 Å². The largest absolute Gasteiger partial charge is 0.497 e. The van der Waals surface area contributed by atoms with Gasteiger partial charge >= 0.3 is 11.9 Å². The van der Waals surface area contributed by atoms with Gasteiger partial charge in [0.25, 0.3) is 0 Å². The van der Waals surface area contributed by atoms with Gasteiger partial charge in [-0.2, -0.15) is 0 Å². The van der Waals surface area contributed by atoms with Crippen molar-refractivity contribution in [2.45, 2.75) is 52.7 Å². The summed E-state index contributed by atoms with van der Waals surface area (Å²) in [6.45, 7) is 10.4. The lowest BCUT2D eigenvalue weighted by molar-refractivity contribution is -0.182. The summed E-state index contributed by atoms with van der Waals surface area (Å²) < 4.78 is 11.2. The molecule has 1 aromatic carbocycles. The van der Waals surface area contributed by atoms with Crippen LogP contribution in [0.5, 0.6) is 5.75 Å². The van der Waals surface area contributed by atoms with Gasteiger partial charge in [0.05, 0.1) is 19.1 Å². The van der Waals surface area contributed by atoms with Gasteiger partial charge in [-0.3, -0.25) is 19.3 Å². The van der Waals surface area contributed by atoms with E-state index in [0.29, 0.717) is 30.8 Å². The molecule has 1 N–H and O–H groups in total. The number of hydrogen-bond donors (Lipinski definition) is 1. The number of imide groups is 1. The lowest BCUT2D eigenvalue weighted by atomic mass is 9.61. The predicted octanol–water partition coefficient (Wildman–Crippen LogP) is 2.54. The molecule has 2 aliphatic rings. The second kappa shape index (κ2) is 9.38. The maximum Gasteiger partial charge on any atom is 0.395 e. The van der Waals surface area contributed by atoms with Gasteiger partial charge in [0.2, 0.25) is 5.91 Å². The Labute approximate surface area is 196 Å². The van der Waals surface area contributed by atoms with Gasteiger partial charge in [0.1, 0.15) is 5.75 Å². The summed E-state index contributed by atoms with van der Waals surface area (Å²) in [5.41, 5.74) is 1.05. The third-order valence-electron chi connectivity index (χ3n) is 6.80. The number of rotatable bonds is 6. The number of carbonyl (C=O) groups is 4. The number of carboxylic acids is 1. The van der Waals surface area contributed by atoms with E-state index in [9.17, 15) is 24.3 Å². The molecule has 1 heterocycles. The van der Waals surface area contributed by atoms with Gasteiger partial charge < -0.3 is 14.3 Å². The first-order valence-electron chi connectivity index (χ1n) is 11.3. The topological polar surface area (TPSA) is 110 Å². The Hall–Kier alpha value is -2.52. The van der Waals surface area contributed by atoms with E-state index in [2.05, 4.69) is 0 Å². The summed E-state index contributed by atoms with van der Waals surface area (Å²) in [5, 5.41) is 9.33. The van der Waals surface area contributed by atoms with Crippen molar-refractivity contribution in [2.24, 2.45) is 23.2 Å². The molecule has 2 amide bonds. The average Bonchev–Trinajstić information content (AvgIpc) is 2.73. The molecule has 1 aromatic rings. The molecule has 0 unspecified atom stereocenters. The molecular weight excluding hydrogens is 442 g/mol. The minimum absolute atomic E-state index is 0.170. The number of fused-ring (bicyclic) bond motifs is 1. The number of carboxylic acid groups (broad SMARTS) is 1. The summed E-state index contributed by atoms with van der Waals surface area (Å²) in [6.07, 6.45) is 0.999. The second-order valence-corrected chi connectivity index (χ2v) is 12.7. The highest BCUT2D eigenvalue weighted by atomic mass is 28.3. The lowest BCUT2D eigenvalue weighted by Crippen LogP contribution is -2.71. The summed E-state index contributed by atoms with van der Waals surface area (Å²) in [6, 6.07) is 4.44. The lowest BCUT2D eigenvalue weighted by Gasteiger charge is -2.54. The van der Waals surface area contributed by atoms with E-state index < -0.39 is 44.7 Å². The molecule has 0 aromatic heterocycles. The van der Waals surface area contributed by atoms with Crippen molar-refractivity contribution in [3.8, 4) is 5.75 Å². The summed E-state index contributed by atoms with van der Waals surface area (Å²) >= 11 is 0. The number of benzene rings is 1. The number of aryl methyl sites for hydroxylation is 1. The first-order chi connectivity index (χ1) is 15.4. The number of β-lactam (4-membered cyclic amide) rings is 1. The predicted molar refractivity (Wildman–Crippen MR) is 124 cm³/mol. The van der Waals surface area contributed by atoms with Crippen molar-refractivity contribution in [2.75, 3.05) is 13.7 Å². The third-order valence-corrected chi connectivity index (χ3v) is 7.66. The first-order valence-corrected chi connectivity index (χ1v) is 14.1. The van der Waals surface area contributed by atoms with Crippen LogP contribution in [0.1, 0.15) is 43.1 Å². The van der Waals surface area contributed by atoms with Crippen LogP contribution in [0.25, 0.3) is 0 Å². The molecule has 9 heteroatoms. The molecule has 4 atom stereocenters. The zero-order chi connectivity index (χ0) is 24.7. The fraction of sp³-hybridized carbons (Fsp3) is 0.583. The van der Waals surface area contributed by atoms with E-state index in [-0.39, 0.29) is 17.1 Å². The van der Waals surface area contributed by atoms with Gasteiger partial charge in [0.15, 0.2) is 14.8 Å². The number of ether oxygens (including phenoxy) is 1. The molecule has 1 aliphatic heterocycles. The molecule has 33 heavy (non-hydrogen) atoms. The maximum atomic E-state index is 13.5. The number of amides is 2. The summed E-state index contributed by atoms with van der Waals surface area (Å²) in [5.74, 6) is -4.59. The molecule has 3 rings (SSSR count). The normalized spacial score (nSPS) is 23.7. The minimum atomic E-state index is -1.70. The van der Waals surface area contributed by atoms with Crippen LogP contribution >= 0.6 is 0 Å². The zero-order valence-corrected chi connectivity index (χ0v) is 21.2. The molecule has 180 valence electrons. The van der Waals surface area contributed by atoms with Crippen LogP contribution in [0, 0.1) is 23.2 Å². The highest BCUT2D eigenvalue weighted by Gasteiger charge is 2.61. The molecule has 1 aliphatic carbocycles. The Morgan fingerprint density at radius 3 is 2.45 bits per heavy atom. The quantitative estimate of drug-likeness (QED) is 0.382. The van der Waals surface area contributed by atoms with Gasteiger partial charge in [0, 0.05) is 18.1 Å². The Morgan fingerprint density at radius 1 is 1.24 bits per heavy atom. The van der Waals surface area contributed by atoms with Gasteiger partial charge in [-0.15, -0.1) is 0 Å². The molecule has 0 radical (unpaired) electrons. The molecule has 0 saturated carbocycles. The van der Waals surface area contributed by atoms with Gasteiger partial charge in [-0.05, 0) is 61.0 Å². The van der Waals surface area contributed by atoms with Crippen LogP contribution in [0.2, 0.25) is 13.1 Å².